The van der Waals surface area contributed by atoms with Gasteiger partial charge < -0.3 is 10.2 Å². The van der Waals surface area contributed by atoms with Crippen molar-refractivity contribution in [2.24, 2.45) is 10.8 Å². The van der Waals surface area contributed by atoms with E-state index in [1.807, 2.05) is 20.8 Å². The summed E-state index contributed by atoms with van der Waals surface area (Å²) in [6.45, 7) is 11.2. The highest BCUT2D eigenvalue weighted by Gasteiger charge is 2.27. The number of carbonyl (C=O) groups is 1. The maximum absolute atomic E-state index is 11.0. The molecule has 0 saturated heterocycles. The molecule has 0 aromatic heterocycles. The van der Waals surface area contributed by atoms with Crippen molar-refractivity contribution >= 4 is 5.97 Å². The fourth-order valence-corrected chi connectivity index (χ4v) is 1.24. The van der Waals surface area contributed by atoms with Gasteiger partial charge in [-0.05, 0) is 11.8 Å². The number of hydrogen-bond donors (Lipinski definition) is 2. The van der Waals surface area contributed by atoms with Crippen LogP contribution >= 0.6 is 0 Å². The predicted octanol–water partition coefficient (Wildman–Crippen LogP) is 3.37. The van der Waals surface area contributed by atoms with Gasteiger partial charge in [0.2, 0.25) is 0 Å². The third-order valence-corrected chi connectivity index (χ3v) is 1.96. The van der Waals surface area contributed by atoms with Gasteiger partial charge in [-0.15, -0.1) is 0 Å². The zero-order chi connectivity index (χ0) is 12.4. The second-order valence-electron chi connectivity index (χ2n) is 6.12. The molecule has 0 aliphatic carbocycles. The summed E-state index contributed by atoms with van der Waals surface area (Å²) in [6.07, 6.45) is 0.367. The molecule has 0 atom stereocenters. The Hall–Kier alpha value is -0.990. The van der Waals surface area contributed by atoms with Gasteiger partial charge in [-0.2, -0.15) is 0 Å². The first-order valence-corrected chi connectivity index (χ1v) is 5.11. The van der Waals surface area contributed by atoms with E-state index in [1.54, 1.807) is 20.8 Å². The number of carboxylic acid groups (broad SMARTS) is 1. The number of allylic oxidation sites excluding steroid dienone is 1. The minimum absolute atomic E-state index is 0.0232. The lowest BCUT2D eigenvalue weighted by Crippen LogP contribution is -2.20. The van der Waals surface area contributed by atoms with Crippen LogP contribution in [-0.2, 0) is 4.79 Å². The fourth-order valence-electron chi connectivity index (χ4n) is 1.24. The highest BCUT2D eigenvalue weighted by Crippen LogP contribution is 2.32. The molecule has 0 radical (unpaired) electrons. The van der Waals surface area contributed by atoms with Crippen LogP contribution in [0.15, 0.2) is 11.3 Å². The van der Waals surface area contributed by atoms with E-state index < -0.39 is 11.4 Å². The van der Waals surface area contributed by atoms with Gasteiger partial charge in [0.25, 0.3) is 0 Å². The molecule has 0 aromatic carbocycles. The zero-order valence-electron chi connectivity index (χ0n) is 10.5. The van der Waals surface area contributed by atoms with Crippen LogP contribution in [0.4, 0.5) is 0 Å². The Bertz CT molecular complexity index is 274. The number of hydrogen-bond acceptors (Lipinski definition) is 2. The van der Waals surface area contributed by atoms with Crippen molar-refractivity contribution in [1.29, 1.82) is 0 Å². The summed E-state index contributed by atoms with van der Waals surface area (Å²) < 4.78 is 0. The molecule has 0 saturated carbocycles. The molecule has 0 unspecified atom stereocenters. The summed E-state index contributed by atoms with van der Waals surface area (Å²) in [5.41, 5.74) is -0.540. The molecule has 0 aromatic rings. The van der Waals surface area contributed by atoms with Gasteiger partial charge >= 0.3 is 5.97 Å². The Balaban J connectivity index is 5.24. The molecule has 0 bridgehead atoms. The third-order valence-electron chi connectivity index (χ3n) is 1.96. The van der Waals surface area contributed by atoms with Crippen molar-refractivity contribution in [1.82, 2.24) is 0 Å². The van der Waals surface area contributed by atoms with Crippen molar-refractivity contribution < 1.29 is 15.0 Å². The van der Waals surface area contributed by atoms with Crippen molar-refractivity contribution in [3.05, 3.63) is 11.3 Å². The van der Waals surface area contributed by atoms with Gasteiger partial charge in [0.1, 0.15) is 5.76 Å². The first-order valence-electron chi connectivity index (χ1n) is 5.11. The molecule has 0 aliphatic rings. The molecular weight excluding hydrogens is 192 g/mol. The Morgan fingerprint density at radius 3 is 1.60 bits per heavy atom. The summed E-state index contributed by atoms with van der Waals surface area (Å²) in [5.74, 6) is -1.05. The van der Waals surface area contributed by atoms with Crippen LogP contribution in [0, 0.1) is 10.8 Å². The molecule has 0 amide bonds. The van der Waals surface area contributed by atoms with Gasteiger partial charge in [-0.3, -0.25) is 0 Å². The van der Waals surface area contributed by atoms with E-state index in [4.69, 9.17) is 5.11 Å². The van der Waals surface area contributed by atoms with E-state index in [1.165, 1.54) is 0 Å². The third kappa shape index (κ3) is 4.86. The predicted molar refractivity (Wildman–Crippen MR) is 60.8 cm³/mol. The second-order valence-corrected chi connectivity index (χ2v) is 6.12. The minimum Gasteiger partial charge on any atom is -0.511 e. The van der Waals surface area contributed by atoms with Gasteiger partial charge in [0.15, 0.2) is 0 Å². The van der Waals surface area contributed by atoms with Crippen LogP contribution in [0.5, 0.6) is 0 Å². The van der Waals surface area contributed by atoms with Crippen molar-refractivity contribution in [2.45, 2.75) is 48.0 Å². The smallest absolute Gasteiger partial charge is 0.335 e. The number of aliphatic hydroxyl groups excluding tert-OH is 1. The second kappa shape index (κ2) is 4.25. The maximum Gasteiger partial charge on any atom is 0.335 e. The van der Waals surface area contributed by atoms with Crippen LogP contribution < -0.4 is 0 Å². The largest absolute Gasteiger partial charge is 0.511 e. The molecule has 0 fully saturated rings. The van der Waals surface area contributed by atoms with E-state index in [0.29, 0.717) is 6.42 Å². The van der Waals surface area contributed by atoms with Crippen LogP contribution in [0.1, 0.15) is 48.0 Å². The normalized spacial score (nSPS) is 14.8. The summed E-state index contributed by atoms with van der Waals surface area (Å²) in [7, 11) is 0. The van der Waals surface area contributed by atoms with Crippen molar-refractivity contribution in [3.8, 4) is 0 Å². The number of carboxylic acids is 1. The topological polar surface area (TPSA) is 57.5 Å². The lowest BCUT2D eigenvalue weighted by atomic mass is 9.83. The van der Waals surface area contributed by atoms with E-state index in [-0.39, 0.29) is 16.7 Å². The van der Waals surface area contributed by atoms with Gasteiger partial charge in [0.05, 0.1) is 5.57 Å². The number of aliphatic hydroxyl groups is 1. The zero-order valence-corrected chi connectivity index (χ0v) is 10.5. The average Bonchev–Trinajstić information content (AvgIpc) is 1.94. The van der Waals surface area contributed by atoms with Gasteiger partial charge in [-0.1, -0.05) is 41.5 Å². The first kappa shape index (κ1) is 14.0. The Labute approximate surface area is 91.8 Å². The number of rotatable bonds is 2. The molecule has 2 N–H and O–H groups in total. The molecule has 3 heteroatoms. The van der Waals surface area contributed by atoms with Crippen molar-refractivity contribution in [2.75, 3.05) is 0 Å². The van der Waals surface area contributed by atoms with E-state index in [0.717, 1.165) is 0 Å². The minimum atomic E-state index is -1.03. The molecule has 0 heterocycles. The molecule has 0 rings (SSSR count). The van der Waals surface area contributed by atoms with Crippen LogP contribution in [-0.4, -0.2) is 16.2 Å². The molecule has 88 valence electrons. The Kier molecular flexibility index (Phi) is 3.97. The van der Waals surface area contributed by atoms with E-state index in [2.05, 4.69) is 0 Å². The molecule has 0 spiro atoms. The summed E-state index contributed by atoms with van der Waals surface area (Å²) in [4.78, 5) is 11.0. The quantitative estimate of drug-likeness (QED) is 0.547. The van der Waals surface area contributed by atoms with Crippen LogP contribution in [0.25, 0.3) is 0 Å². The van der Waals surface area contributed by atoms with Gasteiger partial charge in [-0.25, -0.2) is 4.79 Å². The van der Waals surface area contributed by atoms with Gasteiger partial charge in [0, 0.05) is 5.41 Å². The summed E-state index contributed by atoms with van der Waals surface area (Å²) in [6, 6.07) is 0. The van der Waals surface area contributed by atoms with E-state index >= 15 is 0 Å². The van der Waals surface area contributed by atoms with Crippen LogP contribution in [0.2, 0.25) is 0 Å². The number of aliphatic carboxylic acids is 1. The maximum atomic E-state index is 11.0. The van der Waals surface area contributed by atoms with Crippen molar-refractivity contribution in [3.63, 3.8) is 0 Å². The Morgan fingerprint density at radius 2 is 1.40 bits per heavy atom. The Morgan fingerprint density at radius 1 is 1.00 bits per heavy atom. The van der Waals surface area contributed by atoms with E-state index in [9.17, 15) is 9.90 Å². The SMILES string of the molecule is CC(C)(C)C/C(C(=O)O)=C(\O)C(C)(C)C. The highest BCUT2D eigenvalue weighted by molar-refractivity contribution is 5.87. The monoisotopic (exact) mass is 214 g/mol. The lowest BCUT2D eigenvalue weighted by Gasteiger charge is -2.24. The average molecular weight is 214 g/mol. The molecule has 0 aliphatic heterocycles. The fraction of sp³-hybridized carbons (Fsp3) is 0.750. The lowest BCUT2D eigenvalue weighted by molar-refractivity contribution is -0.133. The summed E-state index contributed by atoms with van der Waals surface area (Å²) in [5, 5.41) is 18.9. The molecule has 3 nitrogen and oxygen atoms in total. The molecule has 15 heavy (non-hydrogen) atoms. The highest BCUT2D eigenvalue weighted by atomic mass is 16.4. The molecular formula is C12H22O3. The summed E-state index contributed by atoms with van der Waals surface area (Å²) >= 11 is 0. The first-order chi connectivity index (χ1) is 6.45. The standard InChI is InChI=1S/C12H22O3/c1-11(2,3)7-8(10(14)15)9(13)12(4,5)6/h13H,7H2,1-6H3,(H,14,15)/b9-8+. The van der Waals surface area contributed by atoms with Crippen LogP contribution in [0.3, 0.4) is 0 Å².